The molecule has 1 nitrogen and oxygen atoms in total. The minimum absolute atomic E-state index is 0.415. The van der Waals surface area contributed by atoms with Gasteiger partial charge >= 0.3 is 0 Å². The van der Waals surface area contributed by atoms with Crippen molar-refractivity contribution in [3.05, 3.63) is 74.9 Å². The lowest BCUT2D eigenvalue weighted by Crippen LogP contribution is -2.29. The Balaban J connectivity index is 1.74. The van der Waals surface area contributed by atoms with Gasteiger partial charge in [-0.3, -0.25) is 0 Å². The minimum atomic E-state index is 0.415. The molecule has 0 spiro atoms. The van der Waals surface area contributed by atoms with Gasteiger partial charge in [0.1, 0.15) is 0 Å². The van der Waals surface area contributed by atoms with Gasteiger partial charge in [-0.05, 0) is 76.2 Å². The summed E-state index contributed by atoms with van der Waals surface area (Å²) in [7, 11) is 0. The van der Waals surface area contributed by atoms with Crippen LogP contribution in [0.4, 0.5) is 5.69 Å². The Hall–Kier alpha value is -1.29. The molecule has 0 fully saturated rings. The Morgan fingerprint density at radius 3 is 2.73 bits per heavy atom. The number of benzene rings is 2. The Bertz CT molecular complexity index is 717. The van der Waals surface area contributed by atoms with Crippen molar-refractivity contribution in [2.24, 2.45) is 5.92 Å². The average molecular weight is 401 g/mol. The summed E-state index contributed by atoms with van der Waals surface area (Å²) < 4.78 is 1.32. The van der Waals surface area contributed by atoms with Crippen LogP contribution in [0, 0.1) is 9.49 Å². The maximum absolute atomic E-state index is 3.81. The van der Waals surface area contributed by atoms with Crippen molar-refractivity contribution in [3.63, 3.8) is 0 Å². The first-order valence-electron chi connectivity index (χ1n) is 8.07. The van der Waals surface area contributed by atoms with E-state index in [9.17, 15) is 0 Å². The molecule has 0 aromatic heterocycles. The summed E-state index contributed by atoms with van der Waals surface area (Å²) in [5, 5.41) is 3.81. The average Bonchev–Trinajstić information content (AvgIpc) is 3.04. The van der Waals surface area contributed by atoms with Crippen molar-refractivity contribution in [3.8, 4) is 0 Å². The van der Waals surface area contributed by atoms with Crippen LogP contribution >= 0.6 is 22.6 Å². The molecule has 2 heteroatoms. The highest BCUT2D eigenvalue weighted by atomic mass is 127. The number of hydrogen-bond donors (Lipinski definition) is 1. The van der Waals surface area contributed by atoms with Crippen molar-refractivity contribution in [1.82, 2.24) is 0 Å². The Kier molecular flexibility index (Phi) is 3.73. The molecule has 1 N–H and O–H groups in total. The fourth-order valence-electron chi connectivity index (χ4n) is 3.86. The third-order valence-electron chi connectivity index (χ3n) is 5.07. The van der Waals surface area contributed by atoms with Crippen LogP contribution < -0.4 is 5.32 Å². The molecular formula is C20H20IN. The number of anilines is 1. The topological polar surface area (TPSA) is 12.0 Å². The lowest BCUT2D eigenvalue weighted by Gasteiger charge is -2.37. The predicted molar refractivity (Wildman–Crippen MR) is 101 cm³/mol. The molecular weight excluding hydrogens is 381 g/mol. The van der Waals surface area contributed by atoms with Gasteiger partial charge in [-0.25, -0.2) is 0 Å². The Morgan fingerprint density at radius 1 is 1.14 bits per heavy atom. The second-order valence-corrected chi connectivity index (χ2v) is 7.55. The van der Waals surface area contributed by atoms with Gasteiger partial charge in [-0.1, -0.05) is 43.3 Å². The third kappa shape index (κ3) is 2.37. The number of hydrogen-bond acceptors (Lipinski definition) is 1. The first kappa shape index (κ1) is 14.3. The number of fused-ring (bicyclic) bond motifs is 3. The molecule has 0 radical (unpaired) electrons. The molecule has 0 amide bonds. The van der Waals surface area contributed by atoms with Gasteiger partial charge in [-0.15, -0.1) is 0 Å². The van der Waals surface area contributed by atoms with E-state index in [1.54, 1.807) is 0 Å². The van der Waals surface area contributed by atoms with Crippen LogP contribution in [0.1, 0.15) is 42.0 Å². The zero-order chi connectivity index (χ0) is 15.1. The van der Waals surface area contributed by atoms with Crippen molar-refractivity contribution in [2.75, 3.05) is 5.32 Å². The highest BCUT2D eigenvalue weighted by molar-refractivity contribution is 14.1. The zero-order valence-electron chi connectivity index (χ0n) is 12.7. The zero-order valence-corrected chi connectivity index (χ0v) is 14.9. The van der Waals surface area contributed by atoms with Gasteiger partial charge in [-0.2, -0.15) is 0 Å². The highest BCUT2D eigenvalue weighted by Gasteiger charge is 2.37. The van der Waals surface area contributed by atoms with Crippen molar-refractivity contribution >= 4 is 28.3 Å². The molecule has 0 saturated carbocycles. The maximum atomic E-state index is 3.81. The van der Waals surface area contributed by atoms with Crippen LogP contribution in [0.3, 0.4) is 0 Å². The molecule has 112 valence electrons. The van der Waals surface area contributed by atoms with Gasteiger partial charge in [0.05, 0.1) is 6.04 Å². The molecule has 1 aliphatic heterocycles. The number of nitrogens with one attached hydrogen (secondary N) is 1. The van der Waals surface area contributed by atoms with E-state index in [2.05, 4.69) is 89.4 Å². The molecule has 1 aliphatic carbocycles. The van der Waals surface area contributed by atoms with Crippen LogP contribution in [0.2, 0.25) is 0 Å². The number of aryl methyl sites for hydroxylation is 1. The molecule has 2 aromatic carbocycles. The summed E-state index contributed by atoms with van der Waals surface area (Å²) >= 11 is 2.41. The summed E-state index contributed by atoms with van der Waals surface area (Å²) in [4.78, 5) is 0. The van der Waals surface area contributed by atoms with E-state index in [0.29, 0.717) is 17.9 Å². The fraction of sp³-hybridized carbons (Fsp3) is 0.300. The Morgan fingerprint density at radius 2 is 1.95 bits per heavy atom. The van der Waals surface area contributed by atoms with Crippen LogP contribution in [0.5, 0.6) is 0 Å². The highest BCUT2D eigenvalue weighted by Crippen LogP contribution is 2.49. The molecule has 4 rings (SSSR count). The van der Waals surface area contributed by atoms with Crippen LogP contribution in [-0.2, 0) is 6.42 Å². The molecule has 22 heavy (non-hydrogen) atoms. The second-order valence-electron chi connectivity index (χ2n) is 6.30. The normalized spacial score (nSPS) is 25.5. The van der Waals surface area contributed by atoms with E-state index in [0.717, 1.165) is 6.42 Å². The van der Waals surface area contributed by atoms with Gasteiger partial charge in [0, 0.05) is 15.2 Å². The van der Waals surface area contributed by atoms with E-state index >= 15 is 0 Å². The van der Waals surface area contributed by atoms with E-state index in [4.69, 9.17) is 0 Å². The molecule has 0 unspecified atom stereocenters. The number of allylic oxidation sites excluding steroid dienone is 2. The first-order chi connectivity index (χ1) is 10.8. The smallest absolute Gasteiger partial charge is 0.0553 e. The monoisotopic (exact) mass is 401 g/mol. The molecule has 2 aliphatic rings. The summed E-state index contributed by atoms with van der Waals surface area (Å²) in [6.07, 6.45) is 7.04. The first-order valence-corrected chi connectivity index (χ1v) is 9.15. The SMILES string of the molecule is CCc1ccc([C@@H]2Nc3ccc(I)cc3[C@H]3C=CC[C@H]32)cc1. The quantitative estimate of drug-likeness (QED) is 0.504. The Labute approximate surface area is 146 Å². The van der Waals surface area contributed by atoms with Crippen LogP contribution in [-0.4, -0.2) is 0 Å². The summed E-state index contributed by atoms with van der Waals surface area (Å²) in [5.41, 5.74) is 5.60. The van der Waals surface area contributed by atoms with Crippen molar-refractivity contribution in [1.29, 1.82) is 0 Å². The van der Waals surface area contributed by atoms with E-state index in [1.165, 1.54) is 32.4 Å². The maximum Gasteiger partial charge on any atom is 0.0553 e. The van der Waals surface area contributed by atoms with Gasteiger partial charge in [0.25, 0.3) is 0 Å². The van der Waals surface area contributed by atoms with Crippen molar-refractivity contribution < 1.29 is 0 Å². The lowest BCUT2D eigenvalue weighted by molar-refractivity contribution is 0.425. The van der Waals surface area contributed by atoms with Crippen LogP contribution in [0.25, 0.3) is 0 Å². The fourth-order valence-corrected chi connectivity index (χ4v) is 4.37. The number of halogens is 1. The standard InChI is InChI=1S/C20H20IN/c1-2-13-6-8-14(9-7-13)20-17-5-3-4-16(17)18-12-15(21)10-11-19(18)22-20/h3-4,6-12,16-17,20,22H,2,5H2,1H3/t16-,17+,20-/m0/s1. The predicted octanol–water partition coefficient (Wildman–Crippen LogP) is 5.68. The van der Waals surface area contributed by atoms with E-state index in [1.807, 2.05) is 0 Å². The summed E-state index contributed by atoms with van der Waals surface area (Å²) in [6.45, 7) is 2.21. The van der Waals surface area contributed by atoms with Crippen molar-refractivity contribution in [2.45, 2.75) is 31.7 Å². The van der Waals surface area contributed by atoms with Gasteiger partial charge < -0.3 is 5.32 Å². The van der Waals surface area contributed by atoms with Crippen LogP contribution in [0.15, 0.2) is 54.6 Å². The summed E-state index contributed by atoms with van der Waals surface area (Å²) in [5.74, 6) is 1.19. The van der Waals surface area contributed by atoms with E-state index in [-0.39, 0.29) is 0 Å². The number of rotatable bonds is 2. The minimum Gasteiger partial charge on any atom is -0.378 e. The molecule has 0 bridgehead atoms. The third-order valence-corrected chi connectivity index (χ3v) is 5.74. The summed E-state index contributed by atoms with van der Waals surface area (Å²) in [6, 6.07) is 16.4. The van der Waals surface area contributed by atoms with E-state index < -0.39 is 0 Å². The molecule has 1 heterocycles. The lowest BCUT2D eigenvalue weighted by atomic mass is 9.77. The largest absolute Gasteiger partial charge is 0.378 e. The molecule has 2 aromatic rings. The molecule has 3 atom stereocenters. The van der Waals surface area contributed by atoms with Gasteiger partial charge in [0.2, 0.25) is 0 Å². The van der Waals surface area contributed by atoms with Gasteiger partial charge in [0.15, 0.2) is 0 Å². The second kappa shape index (κ2) is 5.73. The molecule has 0 saturated heterocycles.